The number of hydrogen-bond acceptors (Lipinski definition) is 3. The Labute approximate surface area is 83.5 Å². The lowest BCUT2D eigenvalue weighted by Crippen LogP contribution is -2.36. The molecule has 1 rings (SSSR count). The molecule has 0 bridgehead atoms. The van der Waals surface area contributed by atoms with Crippen LogP contribution in [0.15, 0.2) is 12.2 Å². The zero-order chi connectivity index (χ0) is 10.4. The molecule has 0 spiro atoms. The van der Waals surface area contributed by atoms with Crippen molar-refractivity contribution < 1.29 is 9.59 Å². The molecule has 1 aliphatic carbocycles. The Kier molecular flexibility index (Phi) is 4.32. The molecule has 78 valence electrons. The summed E-state index contributed by atoms with van der Waals surface area (Å²) in [4.78, 5) is 22.0. The molecule has 0 saturated heterocycles. The summed E-state index contributed by atoms with van der Waals surface area (Å²) in [5, 5.41) is 2.24. The van der Waals surface area contributed by atoms with Crippen molar-refractivity contribution in [3.05, 3.63) is 12.2 Å². The third-order valence-electron chi connectivity index (χ3n) is 2.27. The monoisotopic (exact) mass is 196 g/mol. The van der Waals surface area contributed by atoms with Gasteiger partial charge in [0.15, 0.2) is 0 Å². The minimum atomic E-state index is -0.408. The average Bonchev–Trinajstić information content (AvgIpc) is 2.19. The zero-order valence-corrected chi connectivity index (χ0v) is 8.16. The highest BCUT2D eigenvalue weighted by Gasteiger charge is 2.14. The van der Waals surface area contributed by atoms with E-state index in [0.29, 0.717) is 6.42 Å². The van der Waals surface area contributed by atoms with Crippen LogP contribution >= 0.6 is 0 Å². The minimum absolute atomic E-state index is 0.133. The topological polar surface area (TPSA) is 72.2 Å². The Bertz CT molecular complexity index is 249. The van der Waals surface area contributed by atoms with Gasteiger partial charge in [-0.3, -0.25) is 14.9 Å². The normalized spacial score (nSPS) is 20.5. The van der Waals surface area contributed by atoms with E-state index in [1.54, 1.807) is 0 Å². The van der Waals surface area contributed by atoms with E-state index in [9.17, 15) is 9.59 Å². The fourth-order valence-electron chi connectivity index (χ4n) is 1.55. The number of allylic oxidation sites excluding steroid dienone is 2. The van der Waals surface area contributed by atoms with Gasteiger partial charge in [0, 0.05) is 6.42 Å². The zero-order valence-electron chi connectivity index (χ0n) is 8.16. The van der Waals surface area contributed by atoms with Gasteiger partial charge >= 0.3 is 0 Å². The van der Waals surface area contributed by atoms with Crippen molar-refractivity contribution in [2.24, 2.45) is 11.7 Å². The first-order valence-electron chi connectivity index (χ1n) is 4.92. The molecular formula is C10H16N2O2. The fourth-order valence-corrected chi connectivity index (χ4v) is 1.55. The van der Waals surface area contributed by atoms with Gasteiger partial charge in [0.1, 0.15) is 0 Å². The number of amides is 2. The van der Waals surface area contributed by atoms with Crippen molar-refractivity contribution in [3.8, 4) is 0 Å². The Morgan fingerprint density at radius 3 is 2.79 bits per heavy atom. The van der Waals surface area contributed by atoms with Crippen LogP contribution in [-0.4, -0.2) is 18.4 Å². The van der Waals surface area contributed by atoms with Crippen molar-refractivity contribution in [2.45, 2.75) is 25.7 Å². The first kappa shape index (κ1) is 10.9. The molecule has 0 unspecified atom stereocenters. The summed E-state index contributed by atoms with van der Waals surface area (Å²) >= 11 is 0. The molecule has 2 amide bonds. The maximum Gasteiger partial charge on any atom is 0.240 e. The van der Waals surface area contributed by atoms with Gasteiger partial charge in [-0.15, -0.1) is 0 Å². The summed E-state index contributed by atoms with van der Waals surface area (Å²) in [6.45, 7) is -0.133. The molecule has 4 heteroatoms. The molecule has 1 aliphatic rings. The summed E-state index contributed by atoms with van der Waals surface area (Å²) in [5.74, 6) is -0.346. The number of carbonyl (C=O) groups excluding carboxylic acids is 2. The van der Waals surface area contributed by atoms with Crippen LogP contribution in [0, 0.1) is 5.92 Å². The van der Waals surface area contributed by atoms with Crippen molar-refractivity contribution in [1.82, 2.24) is 5.32 Å². The molecule has 0 fully saturated rings. The average molecular weight is 196 g/mol. The standard InChI is InChI=1S/C10H16N2O2/c11-7-10(14)12-9(13)6-8-4-2-1-3-5-8/h2,4,8H,1,3,5-7,11H2,(H,12,13,14)/t8-/m1/s1. The van der Waals surface area contributed by atoms with E-state index in [1.165, 1.54) is 0 Å². The van der Waals surface area contributed by atoms with Gasteiger partial charge in [0.25, 0.3) is 0 Å². The molecule has 0 saturated carbocycles. The number of nitrogens with two attached hydrogens (primary N) is 1. The van der Waals surface area contributed by atoms with Crippen LogP contribution in [0.4, 0.5) is 0 Å². The molecule has 0 heterocycles. The van der Waals surface area contributed by atoms with Crippen LogP contribution in [-0.2, 0) is 9.59 Å². The minimum Gasteiger partial charge on any atom is -0.322 e. The summed E-state index contributed by atoms with van der Waals surface area (Å²) < 4.78 is 0. The first-order chi connectivity index (χ1) is 6.72. The number of rotatable bonds is 3. The smallest absolute Gasteiger partial charge is 0.240 e. The molecule has 14 heavy (non-hydrogen) atoms. The number of carbonyl (C=O) groups is 2. The van der Waals surface area contributed by atoms with E-state index in [-0.39, 0.29) is 18.4 Å². The molecular weight excluding hydrogens is 180 g/mol. The van der Waals surface area contributed by atoms with Gasteiger partial charge in [-0.25, -0.2) is 0 Å². The van der Waals surface area contributed by atoms with Gasteiger partial charge in [0.2, 0.25) is 11.8 Å². The maximum atomic E-state index is 11.3. The quantitative estimate of drug-likeness (QED) is 0.639. The molecule has 4 nitrogen and oxygen atoms in total. The second-order valence-electron chi connectivity index (χ2n) is 3.50. The van der Waals surface area contributed by atoms with Gasteiger partial charge in [0.05, 0.1) is 6.54 Å². The lowest BCUT2D eigenvalue weighted by Gasteiger charge is -2.15. The highest BCUT2D eigenvalue weighted by molar-refractivity contribution is 5.96. The van der Waals surface area contributed by atoms with Crippen LogP contribution in [0.5, 0.6) is 0 Å². The molecule has 0 aromatic rings. The Balaban J connectivity index is 2.29. The second kappa shape index (κ2) is 5.54. The van der Waals surface area contributed by atoms with Crippen molar-refractivity contribution in [3.63, 3.8) is 0 Å². The van der Waals surface area contributed by atoms with Gasteiger partial charge in [-0.1, -0.05) is 12.2 Å². The van der Waals surface area contributed by atoms with Crippen LogP contribution in [0.1, 0.15) is 25.7 Å². The third kappa shape index (κ3) is 3.70. The number of nitrogens with one attached hydrogen (secondary N) is 1. The van der Waals surface area contributed by atoms with Crippen LogP contribution < -0.4 is 11.1 Å². The van der Waals surface area contributed by atoms with Crippen molar-refractivity contribution in [1.29, 1.82) is 0 Å². The summed E-state index contributed by atoms with van der Waals surface area (Å²) in [6, 6.07) is 0. The van der Waals surface area contributed by atoms with Gasteiger partial charge in [-0.2, -0.15) is 0 Å². The summed E-state index contributed by atoms with van der Waals surface area (Å²) in [6.07, 6.45) is 7.78. The fraction of sp³-hybridized carbons (Fsp3) is 0.600. The van der Waals surface area contributed by atoms with E-state index < -0.39 is 5.91 Å². The lowest BCUT2D eigenvalue weighted by molar-refractivity contribution is -0.130. The predicted molar refractivity (Wildman–Crippen MR) is 53.3 cm³/mol. The third-order valence-corrected chi connectivity index (χ3v) is 2.27. The van der Waals surface area contributed by atoms with E-state index >= 15 is 0 Å². The summed E-state index contributed by atoms with van der Waals surface area (Å²) in [5.41, 5.74) is 5.08. The predicted octanol–water partition coefficient (Wildman–Crippen LogP) is 0.334. The summed E-state index contributed by atoms with van der Waals surface area (Å²) in [7, 11) is 0. The largest absolute Gasteiger partial charge is 0.322 e. The molecule has 0 aromatic heterocycles. The molecule has 1 atom stereocenters. The Morgan fingerprint density at radius 2 is 2.21 bits per heavy atom. The molecule has 0 radical (unpaired) electrons. The number of hydrogen-bond donors (Lipinski definition) is 2. The first-order valence-corrected chi connectivity index (χ1v) is 4.92. The SMILES string of the molecule is NCC(=O)NC(=O)C[C@@H]1C=CCCC1. The number of imide groups is 1. The lowest BCUT2D eigenvalue weighted by atomic mass is 9.93. The van der Waals surface area contributed by atoms with Crippen molar-refractivity contribution >= 4 is 11.8 Å². The van der Waals surface area contributed by atoms with Crippen LogP contribution in [0.25, 0.3) is 0 Å². The Morgan fingerprint density at radius 1 is 1.43 bits per heavy atom. The van der Waals surface area contributed by atoms with Gasteiger partial charge < -0.3 is 5.73 Å². The Hall–Kier alpha value is -1.16. The van der Waals surface area contributed by atoms with Crippen LogP contribution in [0.3, 0.4) is 0 Å². The van der Waals surface area contributed by atoms with E-state index in [4.69, 9.17) is 5.73 Å². The highest BCUT2D eigenvalue weighted by Crippen LogP contribution is 2.19. The second-order valence-corrected chi connectivity index (χ2v) is 3.50. The molecule has 3 N–H and O–H groups in total. The van der Waals surface area contributed by atoms with E-state index in [2.05, 4.69) is 17.5 Å². The van der Waals surface area contributed by atoms with Crippen LogP contribution in [0.2, 0.25) is 0 Å². The molecule has 0 aliphatic heterocycles. The van der Waals surface area contributed by atoms with E-state index in [0.717, 1.165) is 19.3 Å². The maximum absolute atomic E-state index is 11.3. The van der Waals surface area contributed by atoms with E-state index in [1.807, 2.05) is 0 Å². The highest BCUT2D eigenvalue weighted by atomic mass is 16.2. The van der Waals surface area contributed by atoms with Crippen molar-refractivity contribution in [2.75, 3.05) is 6.54 Å². The molecule has 0 aromatic carbocycles. The van der Waals surface area contributed by atoms with Gasteiger partial charge in [-0.05, 0) is 25.2 Å².